The largest absolute Gasteiger partial charge is 0.467 e. The molecule has 0 unspecified atom stereocenters. The number of nitrogens with one attached hydrogen (secondary N) is 2. The summed E-state index contributed by atoms with van der Waals surface area (Å²) >= 11 is 0. The molecule has 0 atom stereocenters. The van der Waals surface area contributed by atoms with E-state index in [1.165, 1.54) is 0 Å². The predicted octanol–water partition coefficient (Wildman–Crippen LogP) is 1.60. The number of H-pyrrole nitrogens is 1. The summed E-state index contributed by atoms with van der Waals surface area (Å²) in [7, 11) is -3.10. The van der Waals surface area contributed by atoms with Gasteiger partial charge in [0.25, 0.3) is 5.91 Å². The zero-order chi connectivity index (χ0) is 18.1. The van der Waals surface area contributed by atoms with Gasteiger partial charge >= 0.3 is 0 Å². The Bertz CT molecular complexity index is 862. The summed E-state index contributed by atoms with van der Waals surface area (Å²) in [4.78, 5) is 12.2. The first-order valence-electron chi connectivity index (χ1n) is 8.89. The third-order valence-corrected chi connectivity index (χ3v) is 7.43. The van der Waals surface area contributed by atoms with Crippen molar-refractivity contribution in [1.29, 1.82) is 0 Å². The molecule has 140 valence electrons. The van der Waals surface area contributed by atoms with Gasteiger partial charge in [-0.05, 0) is 43.9 Å². The lowest BCUT2D eigenvalue weighted by Gasteiger charge is -2.30. The molecule has 2 fully saturated rings. The number of carbonyl (C=O) groups is 1. The molecule has 4 rings (SSSR count). The van der Waals surface area contributed by atoms with Crippen LogP contribution in [0, 0.1) is 0 Å². The molecule has 26 heavy (non-hydrogen) atoms. The fourth-order valence-corrected chi connectivity index (χ4v) is 5.20. The normalized spacial score (nSPS) is 19.5. The third-order valence-electron chi connectivity index (χ3n) is 5.03. The van der Waals surface area contributed by atoms with Crippen LogP contribution in [0.5, 0.6) is 0 Å². The van der Waals surface area contributed by atoms with Crippen LogP contribution in [-0.4, -0.2) is 47.2 Å². The molecule has 2 aromatic rings. The predicted molar refractivity (Wildman–Crippen MR) is 94.0 cm³/mol. The second-order valence-corrected chi connectivity index (χ2v) is 9.10. The van der Waals surface area contributed by atoms with Crippen LogP contribution < -0.4 is 5.32 Å². The minimum absolute atomic E-state index is 0.157. The van der Waals surface area contributed by atoms with E-state index >= 15 is 0 Å². The SMILES string of the molecule is O=C(NCc1ccco1)c1cc(C2CCN(S(=O)(=O)C3CC3)CC2)[nH]n1. The van der Waals surface area contributed by atoms with Gasteiger partial charge in [0.1, 0.15) is 11.5 Å². The van der Waals surface area contributed by atoms with E-state index in [1.54, 1.807) is 28.8 Å². The first-order valence-corrected chi connectivity index (χ1v) is 10.4. The number of nitrogens with zero attached hydrogens (tertiary/aromatic N) is 2. The Hall–Kier alpha value is -2.13. The second kappa shape index (κ2) is 6.88. The fraction of sp³-hybridized carbons (Fsp3) is 0.529. The molecule has 1 saturated carbocycles. The molecule has 8 nitrogen and oxygen atoms in total. The van der Waals surface area contributed by atoms with Gasteiger partial charge in [-0.25, -0.2) is 12.7 Å². The Morgan fingerprint density at radius 2 is 2.08 bits per heavy atom. The van der Waals surface area contributed by atoms with Crippen LogP contribution >= 0.6 is 0 Å². The molecule has 2 aliphatic rings. The average molecular weight is 378 g/mol. The van der Waals surface area contributed by atoms with Gasteiger partial charge in [-0.2, -0.15) is 5.10 Å². The molecule has 2 N–H and O–H groups in total. The Morgan fingerprint density at radius 1 is 1.31 bits per heavy atom. The van der Waals surface area contributed by atoms with Gasteiger partial charge in [0.05, 0.1) is 18.1 Å². The topological polar surface area (TPSA) is 108 Å². The van der Waals surface area contributed by atoms with Gasteiger partial charge in [-0.1, -0.05) is 0 Å². The van der Waals surface area contributed by atoms with Crippen LogP contribution in [0.25, 0.3) is 0 Å². The van der Waals surface area contributed by atoms with Gasteiger partial charge in [0.15, 0.2) is 0 Å². The van der Waals surface area contributed by atoms with Crippen molar-refractivity contribution in [2.24, 2.45) is 0 Å². The molecular weight excluding hydrogens is 356 g/mol. The maximum atomic E-state index is 12.3. The van der Waals surface area contributed by atoms with Crippen molar-refractivity contribution in [2.75, 3.05) is 13.1 Å². The van der Waals surface area contributed by atoms with Crippen LogP contribution in [0.2, 0.25) is 0 Å². The fourth-order valence-electron chi connectivity index (χ4n) is 3.33. The van der Waals surface area contributed by atoms with E-state index in [2.05, 4.69) is 15.5 Å². The summed E-state index contributed by atoms with van der Waals surface area (Å²) in [5.74, 6) is 0.607. The van der Waals surface area contributed by atoms with E-state index in [0.717, 1.165) is 31.4 Å². The summed E-state index contributed by atoms with van der Waals surface area (Å²) < 4.78 is 31.4. The minimum atomic E-state index is -3.10. The molecule has 3 heterocycles. The highest BCUT2D eigenvalue weighted by Gasteiger charge is 2.41. The molecule has 0 bridgehead atoms. The number of carbonyl (C=O) groups excluding carboxylic acids is 1. The maximum Gasteiger partial charge on any atom is 0.272 e. The molecule has 1 aliphatic carbocycles. The summed E-state index contributed by atoms with van der Waals surface area (Å²) in [5, 5.41) is 9.64. The van der Waals surface area contributed by atoms with Crippen LogP contribution in [0.1, 0.15) is 53.5 Å². The van der Waals surface area contributed by atoms with E-state index in [4.69, 9.17) is 4.42 Å². The number of sulfonamides is 1. The molecule has 1 aliphatic heterocycles. The number of furan rings is 1. The number of amides is 1. The van der Waals surface area contributed by atoms with Crippen molar-refractivity contribution in [1.82, 2.24) is 19.8 Å². The Balaban J connectivity index is 1.33. The molecular formula is C17H22N4O4S. The van der Waals surface area contributed by atoms with E-state index in [-0.39, 0.29) is 17.1 Å². The zero-order valence-electron chi connectivity index (χ0n) is 14.3. The lowest BCUT2D eigenvalue weighted by molar-refractivity contribution is 0.0943. The summed E-state index contributed by atoms with van der Waals surface area (Å²) in [6.45, 7) is 1.37. The minimum Gasteiger partial charge on any atom is -0.467 e. The van der Waals surface area contributed by atoms with Crippen LogP contribution in [0.4, 0.5) is 0 Å². The van der Waals surface area contributed by atoms with Gasteiger partial charge in [-0.3, -0.25) is 9.89 Å². The third kappa shape index (κ3) is 3.54. The van der Waals surface area contributed by atoms with Gasteiger partial charge in [0, 0.05) is 24.7 Å². The zero-order valence-corrected chi connectivity index (χ0v) is 15.2. The van der Waals surface area contributed by atoms with Crippen molar-refractivity contribution in [3.8, 4) is 0 Å². The van der Waals surface area contributed by atoms with Gasteiger partial charge in [0.2, 0.25) is 10.0 Å². The van der Waals surface area contributed by atoms with E-state index in [0.29, 0.717) is 31.1 Å². The lowest BCUT2D eigenvalue weighted by Crippen LogP contribution is -2.39. The van der Waals surface area contributed by atoms with Crippen molar-refractivity contribution in [3.63, 3.8) is 0 Å². The molecule has 9 heteroatoms. The highest BCUT2D eigenvalue weighted by atomic mass is 32.2. The summed E-state index contributed by atoms with van der Waals surface area (Å²) in [6, 6.07) is 5.32. The summed E-state index contributed by atoms with van der Waals surface area (Å²) in [6.07, 6.45) is 4.62. The molecule has 0 aromatic carbocycles. The Morgan fingerprint density at radius 3 is 2.73 bits per heavy atom. The van der Waals surface area contributed by atoms with Crippen molar-refractivity contribution < 1.29 is 17.6 Å². The van der Waals surface area contributed by atoms with Crippen molar-refractivity contribution in [2.45, 2.75) is 43.4 Å². The van der Waals surface area contributed by atoms with Crippen molar-refractivity contribution >= 4 is 15.9 Å². The van der Waals surface area contributed by atoms with E-state index < -0.39 is 10.0 Å². The quantitative estimate of drug-likeness (QED) is 0.794. The van der Waals surface area contributed by atoms with Crippen LogP contribution in [-0.2, 0) is 16.6 Å². The first-order chi connectivity index (χ1) is 12.5. The molecule has 0 spiro atoms. The number of aromatic nitrogens is 2. The van der Waals surface area contributed by atoms with Crippen molar-refractivity contribution in [3.05, 3.63) is 41.6 Å². The molecule has 1 saturated heterocycles. The number of hydrogen-bond donors (Lipinski definition) is 2. The summed E-state index contributed by atoms with van der Waals surface area (Å²) in [5.41, 5.74) is 1.22. The Labute approximate surface area is 152 Å². The average Bonchev–Trinajstić information content (AvgIpc) is 3.19. The smallest absolute Gasteiger partial charge is 0.272 e. The monoisotopic (exact) mass is 378 g/mol. The van der Waals surface area contributed by atoms with Crippen LogP contribution in [0.15, 0.2) is 28.9 Å². The molecule has 0 radical (unpaired) electrons. The number of rotatable bonds is 6. The highest BCUT2D eigenvalue weighted by Crippen LogP contribution is 2.35. The van der Waals surface area contributed by atoms with E-state index in [9.17, 15) is 13.2 Å². The Kier molecular flexibility index (Phi) is 4.58. The number of hydrogen-bond acceptors (Lipinski definition) is 5. The molecule has 1 amide bonds. The van der Waals surface area contributed by atoms with Crippen LogP contribution in [0.3, 0.4) is 0 Å². The first kappa shape index (κ1) is 17.3. The highest BCUT2D eigenvalue weighted by molar-refractivity contribution is 7.90. The molecule has 2 aromatic heterocycles. The van der Waals surface area contributed by atoms with Gasteiger partial charge in [-0.15, -0.1) is 0 Å². The van der Waals surface area contributed by atoms with E-state index in [1.807, 2.05) is 0 Å². The number of piperidine rings is 1. The standard InChI is InChI=1S/C17H22N4O4S/c22-17(18-11-13-2-1-9-25-13)16-10-15(19-20-16)12-5-7-21(8-6-12)26(23,24)14-3-4-14/h1-2,9-10,12,14H,3-8,11H2,(H,18,22)(H,19,20). The second-order valence-electron chi connectivity index (χ2n) is 6.89. The maximum absolute atomic E-state index is 12.3. The lowest BCUT2D eigenvalue weighted by atomic mass is 9.94. The number of aromatic amines is 1. The van der Waals surface area contributed by atoms with Gasteiger partial charge < -0.3 is 9.73 Å².